The largest absolute Gasteiger partial charge is 0.465 e. The highest BCUT2D eigenvalue weighted by atomic mass is 35.5. The third-order valence-corrected chi connectivity index (χ3v) is 3.74. The molecule has 0 saturated heterocycles. The fourth-order valence-corrected chi connectivity index (χ4v) is 2.58. The molecular formula is C16H14ClN5O3. The Labute approximate surface area is 146 Å². The summed E-state index contributed by atoms with van der Waals surface area (Å²) in [6.45, 7) is 1.80. The van der Waals surface area contributed by atoms with Gasteiger partial charge in [0.1, 0.15) is 11.5 Å². The van der Waals surface area contributed by atoms with Gasteiger partial charge in [0.25, 0.3) is 5.56 Å². The van der Waals surface area contributed by atoms with Crippen molar-refractivity contribution in [3.8, 4) is 0 Å². The lowest BCUT2D eigenvalue weighted by Gasteiger charge is -2.15. The van der Waals surface area contributed by atoms with Crippen molar-refractivity contribution < 1.29 is 9.90 Å². The van der Waals surface area contributed by atoms with Gasteiger partial charge in [-0.15, -0.1) is 0 Å². The normalized spacial score (nSPS) is 11.9. The van der Waals surface area contributed by atoms with Gasteiger partial charge in [0.2, 0.25) is 0 Å². The van der Waals surface area contributed by atoms with Crippen molar-refractivity contribution in [2.75, 3.05) is 10.6 Å². The summed E-state index contributed by atoms with van der Waals surface area (Å²) >= 11 is 5.94. The fraction of sp³-hybridized carbons (Fsp3) is 0.125. The number of aromatic nitrogens is 3. The Kier molecular flexibility index (Phi) is 4.53. The van der Waals surface area contributed by atoms with Crippen LogP contribution >= 0.6 is 11.6 Å². The molecule has 128 valence electrons. The molecule has 0 spiro atoms. The number of aromatic amines is 1. The van der Waals surface area contributed by atoms with Gasteiger partial charge in [0.15, 0.2) is 0 Å². The molecule has 0 aliphatic carbocycles. The van der Waals surface area contributed by atoms with E-state index >= 15 is 0 Å². The molecule has 9 heteroatoms. The van der Waals surface area contributed by atoms with Crippen LogP contribution in [0.3, 0.4) is 0 Å². The van der Waals surface area contributed by atoms with Gasteiger partial charge in [-0.2, -0.15) is 0 Å². The van der Waals surface area contributed by atoms with E-state index in [2.05, 4.69) is 25.6 Å². The van der Waals surface area contributed by atoms with Gasteiger partial charge < -0.3 is 15.4 Å². The molecule has 0 saturated carbocycles. The minimum Gasteiger partial charge on any atom is -0.465 e. The van der Waals surface area contributed by atoms with Crippen molar-refractivity contribution in [1.82, 2.24) is 15.0 Å². The summed E-state index contributed by atoms with van der Waals surface area (Å²) in [6.07, 6.45) is 1.77. The van der Waals surface area contributed by atoms with Crippen molar-refractivity contribution in [3.63, 3.8) is 0 Å². The monoisotopic (exact) mass is 359 g/mol. The number of rotatable bonds is 4. The zero-order valence-electron chi connectivity index (χ0n) is 13.1. The topological polar surface area (TPSA) is 120 Å². The first-order chi connectivity index (χ1) is 11.9. The second kappa shape index (κ2) is 6.78. The van der Waals surface area contributed by atoms with Crippen LogP contribution in [0.2, 0.25) is 5.02 Å². The smallest absolute Gasteiger partial charge is 0.409 e. The number of H-pyrrole nitrogens is 1. The standard InChI is InChI=1S/C16H14ClN5O3/c1-8(20-13-6-11(2-3-18-13)21-16(24)25)12-5-9-4-10(17)7-19-14(9)22-15(12)23/h2-8H,1H3,(H,24,25)(H2,18,20,21)(H,19,22,23)/t8-/m0/s1. The third-order valence-electron chi connectivity index (χ3n) is 3.53. The van der Waals surface area contributed by atoms with E-state index in [1.807, 2.05) is 0 Å². The van der Waals surface area contributed by atoms with E-state index < -0.39 is 6.09 Å². The van der Waals surface area contributed by atoms with Crippen molar-refractivity contribution in [3.05, 3.63) is 57.6 Å². The molecule has 0 bridgehead atoms. The maximum Gasteiger partial charge on any atom is 0.409 e. The highest BCUT2D eigenvalue weighted by Crippen LogP contribution is 2.21. The molecule has 1 atom stereocenters. The Bertz CT molecular complexity index is 1000. The van der Waals surface area contributed by atoms with E-state index in [9.17, 15) is 9.59 Å². The van der Waals surface area contributed by atoms with Crippen LogP contribution in [0.4, 0.5) is 16.3 Å². The first-order valence-corrected chi connectivity index (χ1v) is 7.71. The number of fused-ring (bicyclic) bond motifs is 1. The lowest BCUT2D eigenvalue weighted by Crippen LogP contribution is -2.20. The minimum atomic E-state index is -1.17. The number of nitrogens with one attached hydrogen (secondary N) is 3. The van der Waals surface area contributed by atoms with Crippen LogP contribution in [0.15, 0.2) is 41.5 Å². The number of halogens is 1. The van der Waals surface area contributed by atoms with E-state index in [1.54, 1.807) is 19.1 Å². The predicted octanol–water partition coefficient (Wildman–Crippen LogP) is 3.23. The van der Waals surface area contributed by atoms with Gasteiger partial charge in [-0.3, -0.25) is 10.1 Å². The Balaban J connectivity index is 1.89. The van der Waals surface area contributed by atoms with Crippen molar-refractivity contribution in [2.24, 2.45) is 0 Å². The summed E-state index contributed by atoms with van der Waals surface area (Å²) < 4.78 is 0. The average Bonchev–Trinajstić information content (AvgIpc) is 2.54. The number of amides is 1. The van der Waals surface area contributed by atoms with Gasteiger partial charge in [-0.1, -0.05) is 11.6 Å². The summed E-state index contributed by atoms with van der Waals surface area (Å²) in [6, 6.07) is 6.12. The molecule has 0 aromatic carbocycles. The zero-order valence-corrected chi connectivity index (χ0v) is 13.8. The molecule has 0 radical (unpaired) electrons. The molecule has 0 unspecified atom stereocenters. The van der Waals surface area contributed by atoms with Crippen LogP contribution in [0.5, 0.6) is 0 Å². The Hall–Kier alpha value is -3.13. The lowest BCUT2D eigenvalue weighted by molar-refractivity contribution is 0.210. The molecule has 0 aliphatic heterocycles. The highest BCUT2D eigenvalue weighted by Gasteiger charge is 2.13. The first kappa shape index (κ1) is 16.7. The van der Waals surface area contributed by atoms with Crippen molar-refractivity contribution in [2.45, 2.75) is 13.0 Å². The average molecular weight is 360 g/mol. The van der Waals surface area contributed by atoms with Crippen molar-refractivity contribution in [1.29, 1.82) is 0 Å². The van der Waals surface area contributed by atoms with Crippen molar-refractivity contribution >= 4 is 40.2 Å². The molecule has 3 heterocycles. The van der Waals surface area contributed by atoms with Gasteiger partial charge in [0.05, 0.1) is 11.1 Å². The third kappa shape index (κ3) is 3.86. The Morgan fingerprint density at radius 3 is 2.88 bits per heavy atom. The molecule has 3 aromatic rings. The maximum absolute atomic E-state index is 12.3. The molecule has 3 rings (SSSR count). The fourth-order valence-electron chi connectivity index (χ4n) is 2.41. The number of carbonyl (C=O) groups is 1. The molecule has 25 heavy (non-hydrogen) atoms. The van der Waals surface area contributed by atoms with E-state index in [4.69, 9.17) is 16.7 Å². The van der Waals surface area contributed by atoms with E-state index in [0.29, 0.717) is 33.1 Å². The van der Waals surface area contributed by atoms with Crippen LogP contribution < -0.4 is 16.2 Å². The summed E-state index contributed by atoms with van der Waals surface area (Å²) in [5, 5.41) is 15.3. The van der Waals surface area contributed by atoms with Crippen LogP contribution in [-0.4, -0.2) is 26.2 Å². The number of hydrogen-bond donors (Lipinski definition) is 4. The molecule has 8 nitrogen and oxygen atoms in total. The quantitative estimate of drug-likeness (QED) is 0.567. The maximum atomic E-state index is 12.3. The van der Waals surface area contributed by atoms with Gasteiger partial charge in [-0.05, 0) is 25.1 Å². The van der Waals surface area contributed by atoms with E-state index in [-0.39, 0.29) is 11.6 Å². The van der Waals surface area contributed by atoms with E-state index in [1.165, 1.54) is 24.5 Å². The SMILES string of the molecule is C[C@H](Nc1cc(NC(=O)O)ccn1)c1cc2cc(Cl)cnc2[nH]c1=O. The van der Waals surface area contributed by atoms with Crippen LogP contribution in [0, 0.1) is 0 Å². The molecule has 4 N–H and O–H groups in total. The zero-order chi connectivity index (χ0) is 18.0. The minimum absolute atomic E-state index is 0.276. The van der Waals surface area contributed by atoms with Crippen LogP contribution in [0.1, 0.15) is 18.5 Å². The number of hydrogen-bond acceptors (Lipinski definition) is 5. The Morgan fingerprint density at radius 2 is 2.12 bits per heavy atom. The first-order valence-electron chi connectivity index (χ1n) is 7.33. The molecule has 1 amide bonds. The molecular weight excluding hydrogens is 346 g/mol. The second-order valence-corrected chi connectivity index (χ2v) is 5.81. The van der Waals surface area contributed by atoms with Crippen LogP contribution in [0.25, 0.3) is 11.0 Å². The molecule has 0 aliphatic rings. The van der Waals surface area contributed by atoms with Gasteiger partial charge in [-0.25, -0.2) is 14.8 Å². The summed E-state index contributed by atoms with van der Waals surface area (Å²) in [4.78, 5) is 33.9. The number of nitrogens with zero attached hydrogens (tertiary/aromatic N) is 2. The van der Waals surface area contributed by atoms with E-state index in [0.717, 1.165) is 0 Å². The number of pyridine rings is 3. The number of anilines is 2. The highest BCUT2D eigenvalue weighted by molar-refractivity contribution is 6.31. The molecule has 3 aromatic heterocycles. The summed E-state index contributed by atoms with van der Waals surface area (Å²) in [5.41, 5.74) is 1.04. The molecule has 0 fully saturated rings. The van der Waals surface area contributed by atoms with Crippen LogP contribution in [-0.2, 0) is 0 Å². The van der Waals surface area contributed by atoms with Gasteiger partial charge >= 0.3 is 6.09 Å². The Morgan fingerprint density at radius 1 is 1.32 bits per heavy atom. The summed E-state index contributed by atoms with van der Waals surface area (Å²) in [5.74, 6) is 0.433. The lowest BCUT2D eigenvalue weighted by atomic mass is 10.1. The predicted molar refractivity (Wildman–Crippen MR) is 95.3 cm³/mol. The second-order valence-electron chi connectivity index (χ2n) is 5.37. The summed E-state index contributed by atoms with van der Waals surface area (Å²) in [7, 11) is 0. The van der Waals surface area contributed by atoms with Gasteiger partial charge in [0, 0.05) is 35.1 Å². The number of carboxylic acid groups (broad SMARTS) is 1.